The van der Waals surface area contributed by atoms with E-state index in [4.69, 9.17) is 0 Å². The zero-order valence-corrected chi connectivity index (χ0v) is 13.9. The summed E-state index contributed by atoms with van der Waals surface area (Å²) < 4.78 is 0. The fourth-order valence-electron chi connectivity index (χ4n) is 1.24. The molecule has 2 rings (SSSR count). The maximum absolute atomic E-state index is 3.25. The summed E-state index contributed by atoms with van der Waals surface area (Å²) in [5.74, 6) is 0. The quantitative estimate of drug-likeness (QED) is 0.304. The molecule has 2 aliphatic carbocycles. The molecule has 0 saturated heterocycles. The number of hydrogen-bond donors (Lipinski definition) is 0. The first-order chi connectivity index (χ1) is 7.79. The van der Waals surface area contributed by atoms with Gasteiger partial charge >= 0.3 is 17.1 Å². The third kappa shape index (κ3) is 12.4. The molecule has 0 spiro atoms. The van der Waals surface area contributed by atoms with Crippen molar-refractivity contribution < 1.29 is 17.1 Å². The van der Waals surface area contributed by atoms with Crippen LogP contribution in [0.25, 0.3) is 0 Å². The van der Waals surface area contributed by atoms with Gasteiger partial charge in [0.15, 0.2) is 0 Å². The molecule has 0 bridgehead atoms. The summed E-state index contributed by atoms with van der Waals surface area (Å²) in [6.07, 6.45) is 18.5. The monoisotopic (exact) mass is 385 g/mol. The van der Waals surface area contributed by atoms with Crippen molar-refractivity contribution in [3.05, 3.63) is 48.1 Å². The van der Waals surface area contributed by atoms with Crippen LogP contribution in [0.15, 0.2) is 36.0 Å². The molecule has 0 aliphatic heterocycles. The van der Waals surface area contributed by atoms with Gasteiger partial charge in [0.25, 0.3) is 0 Å². The van der Waals surface area contributed by atoms with Crippen LogP contribution in [0.3, 0.4) is 0 Å². The van der Waals surface area contributed by atoms with Gasteiger partial charge in [-0.1, -0.05) is 22.6 Å². The van der Waals surface area contributed by atoms with Gasteiger partial charge in [0.05, 0.1) is 0 Å². The second kappa shape index (κ2) is 14.2. The van der Waals surface area contributed by atoms with E-state index in [-0.39, 0.29) is 17.1 Å². The average molecular weight is 385 g/mol. The van der Waals surface area contributed by atoms with Crippen molar-refractivity contribution in [2.45, 2.75) is 12.8 Å². The molecule has 0 aromatic carbocycles. The molecule has 17 heavy (non-hydrogen) atoms. The number of nitrogens with zero attached hydrogens (tertiary/aromatic N) is 1. The molecule has 0 radical (unpaired) electrons. The van der Waals surface area contributed by atoms with Crippen molar-refractivity contribution in [2.24, 2.45) is 0 Å². The van der Waals surface area contributed by atoms with E-state index in [1.165, 1.54) is 5.57 Å². The fraction of sp³-hybridized carbons (Fsp3) is 0.429. The summed E-state index contributed by atoms with van der Waals surface area (Å²) >= 11 is 2.15. The van der Waals surface area contributed by atoms with Gasteiger partial charge in [-0.15, -0.1) is 12.8 Å². The second-order valence-electron chi connectivity index (χ2n) is 3.55. The molecule has 0 amide bonds. The normalized spacial score (nSPS) is 14.5. The third-order valence-electron chi connectivity index (χ3n) is 1.84. The molecule has 0 aromatic heterocycles. The molecule has 0 unspecified atom stereocenters. The van der Waals surface area contributed by atoms with Gasteiger partial charge in [-0.2, -0.15) is 12.2 Å². The van der Waals surface area contributed by atoms with Gasteiger partial charge in [-0.3, -0.25) is 12.2 Å². The van der Waals surface area contributed by atoms with Crippen molar-refractivity contribution in [1.29, 1.82) is 0 Å². The zero-order chi connectivity index (χ0) is 12.2. The van der Waals surface area contributed by atoms with E-state index >= 15 is 0 Å². The molecule has 0 heterocycles. The van der Waals surface area contributed by atoms with Crippen molar-refractivity contribution >= 4 is 22.6 Å². The van der Waals surface area contributed by atoms with Crippen LogP contribution in [0.2, 0.25) is 0 Å². The molecular weight excluding hydrogens is 365 g/mol. The van der Waals surface area contributed by atoms with Gasteiger partial charge in [0.1, 0.15) is 0 Å². The van der Waals surface area contributed by atoms with E-state index in [1.807, 2.05) is 17.1 Å². The first kappa shape index (κ1) is 19.5. The van der Waals surface area contributed by atoms with E-state index in [1.54, 1.807) is 0 Å². The van der Waals surface area contributed by atoms with Gasteiger partial charge in [-0.25, -0.2) is 23.8 Å². The largest absolute Gasteiger partial charge is 2.00 e. The second-order valence-corrected chi connectivity index (χ2v) is 3.55. The standard InChI is InChI=1S/C8H12N.C5H5.CH3I.Fe/c1-9(2)7-8-5-3-4-6-8;1-2-4-5-3-1;1-2;/h3,5H,4,7H2,1-2H3;1-3H,4H2;1H3;/q2*-1;;+2. The summed E-state index contributed by atoms with van der Waals surface area (Å²) in [6.45, 7) is 1.02. The number of likely N-dealkylation sites (N-methyl/N-ethyl adjacent to an activating group) is 1. The van der Waals surface area contributed by atoms with Gasteiger partial charge < -0.3 is 4.90 Å². The molecule has 0 N–H and O–H groups in total. The van der Waals surface area contributed by atoms with E-state index in [2.05, 4.69) is 72.0 Å². The Morgan fingerprint density at radius 1 is 1.24 bits per heavy atom. The number of allylic oxidation sites excluding steroid dienone is 6. The zero-order valence-electron chi connectivity index (χ0n) is 10.7. The maximum Gasteiger partial charge on any atom is 2.00 e. The molecule has 0 atom stereocenters. The Hall–Kier alpha value is 0.169. The first-order valence-electron chi connectivity index (χ1n) is 5.29. The molecular formula is C14H20FeIN. The van der Waals surface area contributed by atoms with E-state index in [0.29, 0.717) is 0 Å². The van der Waals surface area contributed by atoms with E-state index in [9.17, 15) is 0 Å². The summed E-state index contributed by atoms with van der Waals surface area (Å²) in [5.41, 5.74) is 1.32. The summed E-state index contributed by atoms with van der Waals surface area (Å²) in [6, 6.07) is 0. The third-order valence-corrected chi connectivity index (χ3v) is 1.84. The molecule has 0 aromatic rings. The number of halogens is 1. The van der Waals surface area contributed by atoms with E-state index < -0.39 is 0 Å². The van der Waals surface area contributed by atoms with Crippen LogP contribution in [0.5, 0.6) is 0 Å². The van der Waals surface area contributed by atoms with Gasteiger partial charge in [-0.05, 0) is 25.6 Å². The Kier molecular flexibility index (Phi) is 16.3. The SMILES string of the molecule is CI.CN(C)CC1=[C-]CC=C1.[C-]1=CC=CC1.[Fe+2]. The Morgan fingerprint density at radius 3 is 2.24 bits per heavy atom. The van der Waals surface area contributed by atoms with E-state index in [0.717, 1.165) is 19.4 Å². The van der Waals surface area contributed by atoms with Crippen LogP contribution in [0.4, 0.5) is 0 Å². The minimum Gasteiger partial charge on any atom is -0.308 e. The minimum atomic E-state index is 0. The molecule has 2 aliphatic rings. The van der Waals surface area contributed by atoms with Crippen LogP contribution < -0.4 is 0 Å². The van der Waals surface area contributed by atoms with Gasteiger partial charge in [0.2, 0.25) is 0 Å². The van der Waals surface area contributed by atoms with Gasteiger partial charge in [0, 0.05) is 0 Å². The molecule has 96 valence electrons. The van der Waals surface area contributed by atoms with Crippen LogP contribution in [0, 0.1) is 12.2 Å². The predicted octanol–water partition coefficient (Wildman–Crippen LogP) is 3.59. The van der Waals surface area contributed by atoms with Crippen LogP contribution in [-0.2, 0) is 17.1 Å². The summed E-state index contributed by atoms with van der Waals surface area (Å²) in [5, 5.41) is 0. The summed E-state index contributed by atoms with van der Waals surface area (Å²) in [7, 11) is 4.14. The van der Waals surface area contributed by atoms with Crippen LogP contribution >= 0.6 is 22.6 Å². The average Bonchev–Trinajstić information content (AvgIpc) is 2.94. The summed E-state index contributed by atoms with van der Waals surface area (Å²) in [4.78, 5) is 4.12. The fourth-order valence-corrected chi connectivity index (χ4v) is 1.24. The van der Waals surface area contributed by atoms with Crippen LogP contribution in [-0.4, -0.2) is 30.5 Å². The number of alkyl halides is 1. The molecule has 1 nitrogen and oxygen atoms in total. The van der Waals surface area contributed by atoms with Crippen molar-refractivity contribution in [2.75, 3.05) is 25.6 Å². The van der Waals surface area contributed by atoms with Crippen molar-refractivity contribution in [1.82, 2.24) is 4.90 Å². The molecule has 3 heteroatoms. The first-order valence-corrected chi connectivity index (χ1v) is 7.45. The van der Waals surface area contributed by atoms with Crippen LogP contribution in [0.1, 0.15) is 12.8 Å². The van der Waals surface area contributed by atoms with Crippen molar-refractivity contribution in [3.63, 3.8) is 0 Å². The Bertz CT molecular complexity index is 268. The number of rotatable bonds is 2. The predicted molar refractivity (Wildman–Crippen MR) is 80.6 cm³/mol. The smallest absolute Gasteiger partial charge is 0.308 e. The Balaban J connectivity index is 0. The maximum atomic E-state index is 3.25. The topological polar surface area (TPSA) is 3.24 Å². The minimum absolute atomic E-state index is 0. The Labute approximate surface area is 130 Å². The number of hydrogen-bond acceptors (Lipinski definition) is 1. The molecule has 0 saturated carbocycles. The van der Waals surface area contributed by atoms with Crippen molar-refractivity contribution in [3.8, 4) is 0 Å². The molecule has 0 fully saturated rings. The Morgan fingerprint density at radius 2 is 1.94 bits per heavy atom.